The number of nitrogens with one attached hydrogen (secondary N) is 1. The molecule has 0 bridgehead atoms. The molecular formula is C18H23ClIN3O3. The molecule has 3 N–H and O–H groups in total. The van der Waals surface area contributed by atoms with Crippen molar-refractivity contribution in [2.24, 2.45) is 10.7 Å². The van der Waals surface area contributed by atoms with Crippen LogP contribution in [0.1, 0.15) is 6.92 Å². The predicted octanol–water partition coefficient (Wildman–Crippen LogP) is 4.17. The van der Waals surface area contributed by atoms with Crippen LogP contribution >= 0.6 is 35.6 Å². The summed E-state index contributed by atoms with van der Waals surface area (Å²) < 4.78 is 16.1. The quantitative estimate of drug-likeness (QED) is 0.345. The molecule has 0 fully saturated rings. The summed E-state index contributed by atoms with van der Waals surface area (Å²) in [5.74, 6) is 2.34. The smallest absolute Gasteiger partial charge is 0.193 e. The number of ether oxygens (including phenoxy) is 3. The normalized spacial score (nSPS) is 11.9. The summed E-state index contributed by atoms with van der Waals surface area (Å²) in [4.78, 5) is 4.28. The first-order chi connectivity index (χ1) is 12.0. The summed E-state index contributed by atoms with van der Waals surface area (Å²) in [6.07, 6.45) is -0.146. The largest absolute Gasteiger partial charge is 0.497 e. The highest BCUT2D eigenvalue weighted by molar-refractivity contribution is 14.0. The Morgan fingerprint density at radius 2 is 1.88 bits per heavy atom. The van der Waals surface area contributed by atoms with E-state index in [0.29, 0.717) is 17.3 Å². The number of halogens is 2. The van der Waals surface area contributed by atoms with Gasteiger partial charge in [0.15, 0.2) is 5.96 Å². The minimum Gasteiger partial charge on any atom is -0.497 e. The van der Waals surface area contributed by atoms with Gasteiger partial charge in [-0.1, -0.05) is 17.7 Å². The summed E-state index contributed by atoms with van der Waals surface area (Å²) in [5, 5.41) is 3.48. The fourth-order valence-corrected chi connectivity index (χ4v) is 2.36. The predicted molar refractivity (Wildman–Crippen MR) is 117 cm³/mol. The molecule has 0 radical (unpaired) electrons. The number of hydrogen-bond donors (Lipinski definition) is 2. The maximum atomic E-state index is 6.08. The molecule has 0 saturated carbocycles. The van der Waals surface area contributed by atoms with Gasteiger partial charge < -0.3 is 25.3 Å². The minimum absolute atomic E-state index is 0. The molecule has 0 spiro atoms. The van der Waals surface area contributed by atoms with E-state index in [2.05, 4.69) is 10.3 Å². The Morgan fingerprint density at radius 1 is 1.15 bits per heavy atom. The molecule has 2 aromatic rings. The average Bonchev–Trinajstić information content (AvgIpc) is 2.60. The standard InChI is InChI=1S/C18H22ClN3O3.HI/c1-12(25-15-6-4-5-14(10-15)23-2)11-21-18(20)22-13-7-8-17(24-3)16(19)9-13;/h4-10,12H,11H2,1-3H3,(H3,20,21,22);1H. The van der Waals surface area contributed by atoms with E-state index in [0.717, 1.165) is 17.2 Å². The summed E-state index contributed by atoms with van der Waals surface area (Å²) in [7, 11) is 3.18. The lowest BCUT2D eigenvalue weighted by Crippen LogP contribution is -2.25. The van der Waals surface area contributed by atoms with Crippen LogP contribution in [0.2, 0.25) is 5.02 Å². The van der Waals surface area contributed by atoms with E-state index in [4.69, 9.17) is 31.5 Å². The molecule has 26 heavy (non-hydrogen) atoms. The molecule has 142 valence electrons. The van der Waals surface area contributed by atoms with Crippen LogP contribution in [0.3, 0.4) is 0 Å². The maximum absolute atomic E-state index is 6.08. The maximum Gasteiger partial charge on any atom is 0.193 e. The molecule has 0 saturated heterocycles. The van der Waals surface area contributed by atoms with Crippen molar-refractivity contribution >= 4 is 47.2 Å². The Morgan fingerprint density at radius 3 is 2.54 bits per heavy atom. The zero-order valence-electron chi connectivity index (χ0n) is 14.9. The molecule has 0 aliphatic heterocycles. The number of nitrogens with zero attached hydrogens (tertiary/aromatic N) is 1. The average molecular weight is 492 g/mol. The third-order valence-corrected chi connectivity index (χ3v) is 3.62. The van der Waals surface area contributed by atoms with Crippen molar-refractivity contribution in [1.29, 1.82) is 0 Å². The SMILES string of the molecule is COc1cccc(OC(C)CN=C(N)Nc2ccc(OC)c(Cl)c2)c1.I. The Hall–Kier alpha value is -1.87. The van der Waals surface area contributed by atoms with E-state index in [9.17, 15) is 0 Å². The third-order valence-electron chi connectivity index (χ3n) is 3.32. The van der Waals surface area contributed by atoms with Crippen LogP contribution in [0.4, 0.5) is 5.69 Å². The van der Waals surface area contributed by atoms with E-state index in [1.165, 1.54) is 0 Å². The summed E-state index contributed by atoms with van der Waals surface area (Å²) in [6, 6.07) is 12.7. The zero-order valence-corrected chi connectivity index (χ0v) is 17.9. The molecule has 6 nitrogen and oxygen atoms in total. The summed E-state index contributed by atoms with van der Waals surface area (Å²) in [5.41, 5.74) is 6.63. The van der Waals surface area contributed by atoms with Crippen LogP contribution < -0.4 is 25.3 Å². The molecule has 2 aromatic carbocycles. The molecule has 0 amide bonds. The lowest BCUT2D eigenvalue weighted by atomic mass is 10.3. The van der Waals surface area contributed by atoms with Crippen LogP contribution in [0.15, 0.2) is 47.5 Å². The first-order valence-electron chi connectivity index (χ1n) is 7.73. The first-order valence-corrected chi connectivity index (χ1v) is 8.11. The summed E-state index contributed by atoms with van der Waals surface area (Å²) >= 11 is 6.08. The number of methoxy groups -OCH3 is 2. The number of anilines is 1. The van der Waals surface area contributed by atoms with Gasteiger partial charge in [0.2, 0.25) is 0 Å². The van der Waals surface area contributed by atoms with Crippen molar-refractivity contribution in [2.45, 2.75) is 13.0 Å². The molecule has 0 aromatic heterocycles. The van der Waals surface area contributed by atoms with Gasteiger partial charge in [0.25, 0.3) is 0 Å². The van der Waals surface area contributed by atoms with Gasteiger partial charge >= 0.3 is 0 Å². The minimum atomic E-state index is -0.146. The van der Waals surface area contributed by atoms with E-state index < -0.39 is 0 Å². The molecule has 1 unspecified atom stereocenters. The van der Waals surface area contributed by atoms with Gasteiger partial charge in [-0.05, 0) is 37.3 Å². The van der Waals surface area contributed by atoms with E-state index in [-0.39, 0.29) is 36.0 Å². The fraction of sp³-hybridized carbons (Fsp3) is 0.278. The number of hydrogen-bond acceptors (Lipinski definition) is 4. The zero-order chi connectivity index (χ0) is 18.2. The highest BCUT2D eigenvalue weighted by Gasteiger charge is 2.06. The van der Waals surface area contributed by atoms with Crippen molar-refractivity contribution < 1.29 is 14.2 Å². The third kappa shape index (κ3) is 6.80. The Bertz CT molecular complexity index is 743. The van der Waals surface area contributed by atoms with Crippen molar-refractivity contribution in [2.75, 3.05) is 26.1 Å². The van der Waals surface area contributed by atoms with Crippen molar-refractivity contribution in [3.63, 3.8) is 0 Å². The van der Waals surface area contributed by atoms with Gasteiger partial charge in [0, 0.05) is 11.8 Å². The number of guanidine groups is 1. The number of benzene rings is 2. The van der Waals surface area contributed by atoms with Crippen LogP contribution in [-0.2, 0) is 0 Å². The van der Waals surface area contributed by atoms with E-state index in [1.807, 2.05) is 37.3 Å². The lowest BCUT2D eigenvalue weighted by Gasteiger charge is -2.14. The van der Waals surface area contributed by atoms with Gasteiger partial charge in [0.05, 0.1) is 25.8 Å². The Balaban J connectivity index is 0.00000338. The van der Waals surface area contributed by atoms with Crippen LogP contribution in [0.25, 0.3) is 0 Å². The second-order valence-corrected chi connectivity index (χ2v) is 5.71. The number of nitrogens with two attached hydrogens (primary N) is 1. The van der Waals surface area contributed by atoms with Crippen molar-refractivity contribution in [1.82, 2.24) is 0 Å². The molecule has 1 atom stereocenters. The summed E-state index contributed by atoms with van der Waals surface area (Å²) in [6.45, 7) is 2.32. The first kappa shape index (κ1) is 22.2. The molecule has 0 aliphatic carbocycles. The van der Waals surface area contributed by atoms with Gasteiger partial charge in [-0.25, -0.2) is 4.99 Å². The van der Waals surface area contributed by atoms with E-state index in [1.54, 1.807) is 26.4 Å². The molecule has 0 heterocycles. The lowest BCUT2D eigenvalue weighted by molar-refractivity contribution is 0.229. The Labute approximate surface area is 175 Å². The van der Waals surface area contributed by atoms with Gasteiger partial charge in [-0.3, -0.25) is 0 Å². The van der Waals surface area contributed by atoms with Crippen LogP contribution in [0.5, 0.6) is 17.2 Å². The highest BCUT2D eigenvalue weighted by atomic mass is 127. The molecule has 8 heteroatoms. The molecule has 2 rings (SSSR count). The number of rotatable bonds is 7. The van der Waals surface area contributed by atoms with Crippen molar-refractivity contribution in [3.05, 3.63) is 47.5 Å². The Kier molecular flexibility index (Phi) is 9.36. The van der Waals surface area contributed by atoms with Gasteiger partial charge in [-0.15, -0.1) is 24.0 Å². The number of aliphatic imine (C=N–C) groups is 1. The topological polar surface area (TPSA) is 78.1 Å². The van der Waals surface area contributed by atoms with Gasteiger partial charge in [-0.2, -0.15) is 0 Å². The monoisotopic (exact) mass is 491 g/mol. The fourth-order valence-electron chi connectivity index (χ4n) is 2.10. The van der Waals surface area contributed by atoms with E-state index >= 15 is 0 Å². The second kappa shape index (κ2) is 11.0. The molecule has 0 aliphatic rings. The van der Waals surface area contributed by atoms with Crippen LogP contribution in [-0.4, -0.2) is 32.8 Å². The molecular weight excluding hydrogens is 469 g/mol. The van der Waals surface area contributed by atoms with Crippen LogP contribution in [0, 0.1) is 0 Å². The second-order valence-electron chi connectivity index (χ2n) is 5.31. The van der Waals surface area contributed by atoms with Crippen molar-refractivity contribution in [3.8, 4) is 17.2 Å². The van der Waals surface area contributed by atoms with Gasteiger partial charge in [0.1, 0.15) is 23.4 Å². The highest BCUT2D eigenvalue weighted by Crippen LogP contribution is 2.27.